The molecule has 0 aromatic heterocycles. The highest BCUT2D eigenvalue weighted by atomic mass is 16.3. The normalized spacial score (nSPS) is 16.4. The standard InChI is InChI=1S/C20H41N2O/c1-4-6-7-8-9-10-11-12-13-14-15-16-20-21(5-2)17-18-22(20)19(3)23/h19,23H,4-18H2,1-3H3/q+1. The number of aliphatic hydroxyl groups is 1. The van der Waals surface area contributed by atoms with E-state index in [1.54, 1.807) is 0 Å². The van der Waals surface area contributed by atoms with E-state index in [9.17, 15) is 5.11 Å². The topological polar surface area (TPSA) is 26.5 Å². The summed E-state index contributed by atoms with van der Waals surface area (Å²) in [5.74, 6) is 1.37. The molecule has 1 rings (SSSR count). The van der Waals surface area contributed by atoms with Gasteiger partial charge >= 0.3 is 0 Å². The van der Waals surface area contributed by atoms with Crippen LogP contribution in [0.1, 0.15) is 97.8 Å². The molecule has 0 spiro atoms. The molecule has 0 saturated carbocycles. The van der Waals surface area contributed by atoms with Gasteiger partial charge in [-0.3, -0.25) is 4.58 Å². The molecule has 0 saturated heterocycles. The minimum atomic E-state index is -0.339. The number of amidine groups is 1. The third kappa shape index (κ3) is 8.19. The summed E-state index contributed by atoms with van der Waals surface area (Å²) >= 11 is 0. The molecule has 3 nitrogen and oxygen atoms in total. The van der Waals surface area contributed by atoms with E-state index in [0.29, 0.717) is 0 Å². The number of rotatable bonds is 14. The molecule has 1 aliphatic rings. The van der Waals surface area contributed by atoms with Gasteiger partial charge in [-0.1, -0.05) is 71.1 Å². The van der Waals surface area contributed by atoms with Crippen LogP contribution in [0.5, 0.6) is 0 Å². The molecule has 1 atom stereocenters. The van der Waals surface area contributed by atoms with Crippen LogP contribution in [0, 0.1) is 0 Å². The molecule has 1 heterocycles. The first-order valence-electron chi connectivity index (χ1n) is 10.3. The Balaban J connectivity index is 2.03. The highest BCUT2D eigenvalue weighted by Crippen LogP contribution is 2.15. The second kappa shape index (κ2) is 12.8. The molecule has 0 aliphatic carbocycles. The van der Waals surface area contributed by atoms with E-state index in [4.69, 9.17) is 0 Å². The van der Waals surface area contributed by atoms with Crippen LogP contribution < -0.4 is 0 Å². The number of hydrogen-bond acceptors (Lipinski definition) is 2. The third-order valence-electron chi connectivity index (χ3n) is 5.14. The Bertz CT molecular complexity index is 326. The number of unbranched alkanes of at least 4 members (excludes halogenated alkanes) is 10. The molecule has 0 fully saturated rings. The SMILES string of the molecule is CCCCCCCCCCCCCC1=[N+](CC)CCN1C(C)O. The molecule has 1 aliphatic heterocycles. The van der Waals surface area contributed by atoms with Gasteiger partial charge < -0.3 is 5.11 Å². The summed E-state index contributed by atoms with van der Waals surface area (Å²) in [5, 5.41) is 9.89. The number of aliphatic hydroxyl groups excluding tert-OH is 1. The Labute approximate surface area is 144 Å². The summed E-state index contributed by atoms with van der Waals surface area (Å²) in [6.07, 6.45) is 16.1. The predicted octanol–water partition coefficient (Wildman–Crippen LogP) is 4.77. The highest BCUT2D eigenvalue weighted by molar-refractivity contribution is 5.78. The Morgan fingerprint density at radius 2 is 1.43 bits per heavy atom. The second-order valence-corrected chi connectivity index (χ2v) is 7.11. The average molecular weight is 326 g/mol. The number of hydrogen-bond donors (Lipinski definition) is 1. The van der Waals surface area contributed by atoms with Gasteiger partial charge in [-0.05, 0) is 13.3 Å². The monoisotopic (exact) mass is 325 g/mol. The largest absolute Gasteiger partial charge is 0.356 e. The van der Waals surface area contributed by atoms with Crippen molar-refractivity contribution in [1.82, 2.24) is 4.90 Å². The minimum absolute atomic E-state index is 0.339. The quantitative estimate of drug-likeness (QED) is 0.368. The van der Waals surface area contributed by atoms with Crippen molar-refractivity contribution < 1.29 is 9.68 Å². The first kappa shape index (κ1) is 20.5. The van der Waals surface area contributed by atoms with Crippen LogP contribution in [0.15, 0.2) is 0 Å². The van der Waals surface area contributed by atoms with Crippen LogP contribution in [-0.4, -0.2) is 46.3 Å². The van der Waals surface area contributed by atoms with Crippen LogP contribution in [-0.2, 0) is 0 Å². The van der Waals surface area contributed by atoms with Crippen LogP contribution in [0.25, 0.3) is 0 Å². The Hall–Kier alpha value is -0.570. The molecule has 1 N–H and O–H groups in total. The van der Waals surface area contributed by atoms with E-state index in [1.807, 2.05) is 6.92 Å². The van der Waals surface area contributed by atoms with Crippen molar-refractivity contribution in [2.75, 3.05) is 19.6 Å². The summed E-state index contributed by atoms with van der Waals surface area (Å²) < 4.78 is 2.43. The smallest absolute Gasteiger partial charge is 0.249 e. The molecule has 0 aromatic carbocycles. The maximum absolute atomic E-state index is 9.89. The molecule has 0 radical (unpaired) electrons. The molecule has 1 unspecified atom stereocenters. The molecule has 23 heavy (non-hydrogen) atoms. The third-order valence-corrected chi connectivity index (χ3v) is 5.14. The molecule has 136 valence electrons. The molecule has 0 aromatic rings. The van der Waals surface area contributed by atoms with E-state index in [2.05, 4.69) is 23.3 Å². The van der Waals surface area contributed by atoms with Crippen molar-refractivity contribution in [2.45, 2.75) is 104 Å². The van der Waals surface area contributed by atoms with Crippen molar-refractivity contribution in [3.05, 3.63) is 0 Å². The molecular formula is C20H41N2O+. The van der Waals surface area contributed by atoms with Gasteiger partial charge in [0, 0.05) is 13.3 Å². The van der Waals surface area contributed by atoms with Gasteiger partial charge in [-0.15, -0.1) is 0 Å². The van der Waals surface area contributed by atoms with Crippen LogP contribution in [0.2, 0.25) is 0 Å². The fraction of sp³-hybridized carbons (Fsp3) is 0.950. The van der Waals surface area contributed by atoms with Crippen molar-refractivity contribution in [3.8, 4) is 0 Å². The Kier molecular flexibility index (Phi) is 11.4. The van der Waals surface area contributed by atoms with Gasteiger partial charge in [0.15, 0.2) is 6.23 Å². The highest BCUT2D eigenvalue weighted by Gasteiger charge is 2.31. The van der Waals surface area contributed by atoms with E-state index >= 15 is 0 Å². The lowest BCUT2D eigenvalue weighted by Crippen LogP contribution is -2.37. The van der Waals surface area contributed by atoms with Crippen molar-refractivity contribution in [1.29, 1.82) is 0 Å². The van der Waals surface area contributed by atoms with Gasteiger partial charge in [0.2, 0.25) is 5.84 Å². The summed E-state index contributed by atoms with van der Waals surface area (Å²) in [5.41, 5.74) is 0. The fourth-order valence-electron chi connectivity index (χ4n) is 3.66. The first-order chi connectivity index (χ1) is 11.2. The zero-order valence-electron chi connectivity index (χ0n) is 16.0. The van der Waals surface area contributed by atoms with E-state index in [0.717, 1.165) is 26.1 Å². The molecule has 0 bridgehead atoms. The van der Waals surface area contributed by atoms with Crippen LogP contribution in [0.4, 0.5) is 0 Å². The van der Waals surface area contributed by atoms with Gasteiger partial charge in [-0.25, -0.2) is 4.90 Å². The Morgan fingerprint density at radius 3 is 1.91 bits per heavy atom. The lowest BCUT2D eigenvalue weighted by atomic mass is 10.1. The number of nitrogens with zero attached hydrogens (tertiary/aromatic N) is 2. The molecular weight excluding hydrogens is 284 g/mol. The second-order valence-electron chi connectivity index (χ2n) is 7.11. The zero-order chi connectivity index (χ0) is 16.9. The molecule has 0 amide bonds. The summed E-state index contributed by atoms with van der Waals surface area (Å²) in [7, 11) is 0. The van der Waals surface area contributed by atoms with E-state index < -0.39 is 0 Å². The van der Waals surface area contributed by atoms with Crippen LogP contribution in [0.3, 0.4) is 0 Å². The van der Waals surface area contributed by atoms with Gasteiger partial charge in [0.25, 0.3) is 0 Å². The fourth-order valence-corrected chi connectivity index (χ4v) is 3.66. The lowest BCUT2D eigenvalue weighted by Gasteiger charge is -2.16. The minimum Gasteiger partial charge on any atom is -0.356 e. The maximum Gasteiger partial charge on any atom is 0.249 e. The van der Waals surface area contributed by atoms with E-state index in [1.165, 1.54) is 76.5 Å². The van der Waals surface area contributed by atoms with Crippen molar-refractivity contribution in [3.63, 3.8) is 0 Å². The predicted molar refractivity (Wildman–Crippen MR) is 100 cm³/mol. The van der Waals surface area contributed by atoms with Gasteiger partial charge in [0.1, 0.15) is 13.1 Å². The number of likely N-dealkylation sites (N-methyl/N-ethyl adjacent to an activating group) is 1. The van der Waals surface area contributed by atoms with Gasteiger partial charge in [-0.2, -0.15) is 0 Å². The average Bonchev–Trinajstić information content (AvgIpc) is 2.95. The lowest BCUT2D eigenvalue weighted by molar-refractivity contribution is -0.515. The van der Waals surface area contributed by atoms with Crippen LogP contribution >= 0.6 is 0 Å². The maximum atomic E-state index is 9.89. The van der Waals surface area contributed by atoms with Crippen molar-refractivity contribution in [2.24, 2.45) is 0 Å². The van der Waals surface area contributed by atoms with Gasteiger partial charge in [0.05, 0.1) is 6.54 Å². The summed E-state index contributed by atoms with van der Waals surface area (Å²) in [4.78, 5) is 2.18. The summed E-state index contributed by atoms with van der Waals surface area (Å²) in [6.45, 7) is 9.51. The summed E-state index contributed by atoms with van der Waals surface area (Å²) in [6, 6.07) is 0. The first-order valence-corrected chi connectivity index (χ1v) is 10.3. The zero-order valence-corrected chi connectivity index (χ0v) is 16.0. The Morgan fingerprint density at radius 1 is 0.913 bits per heavy atom. The van der Waals surface area contributed by atoms with E-state index in [-0.39, 0.29) is 6.23 Å². The molecule has 3 heteroatoms. The van der Waals surface area contributed by atoms with Crippen molar-refractivity contribution >= 4 is 5.84 Å².